The molecule has 98 valence electrons. The molecule has 1 atom stereocenters. The van der Waals surface area contributed by atoms with Crippen molar-refractivity contribution in [1.82, 2.24) is 19.4 Å². The molecule has 6 heteroatoms. The molecular weight excluding hydrogens is 248 g/mol. The number of aliphatic hydroxyl groups is 1. The average Bonchev–Trinajstić information content (AvgIpc) is 3.01. The minimum atomic E-state index is -0.617. The molecule has 2 heterocycles. The van der Waals surface area contributed by atoms with Gasteiger partial charge < -0.3 is 5.11 Å². The van der Waals surface area contributed by atoms with E-state index in [1.807, 2.05) is 16.9 Å². The third-order valence-electron chi connectivity index (χ3n) is 3.10. The molecule has 1 unspecified atom stereocenters. The van der Waals surface area contributed by atoms with Gasteiger partial charge in [-0.2, -0.15) is 5.10 Å². The fourth-order valence-electron chi connectivity index (χ4n) is 1.97. The van der Waals surface area contributed by atoms with Gasteiger partial charge in [0.05, 0.1) is 11.7 Å². The summed E-state index contributed by atoms with van der Waals surface area (Å²) in [6.07, 6.45) is 3.98. The maximum Gasteiger partial charge on any atom is 0.104 e. The van der Waals surface area contributed by atoms with Crippen LogP contribution in [0.25, 0.3) is 0 Å². The summed E-state index contributed by atoms with van der Waals surface area (Å²) in [6.45, 7) is 4.32. The Labute approximate surface area is 111 Å². The third kappa shape index (κ3) is 2.94. The number of nitrogens with zero attached hydrogens (tertiary/aromatic N) is 4. The first-order valence-corrected chi connectivity index (χ1v) is 7.07. The first-order valence-electron chi connectivity index (χ1n) is 6.23. The topological polar surface area (TPSA) is 63.8 Å². The van der Waals surface area contributed by atoms with Crippen molar-refractivity contribution in [2.24, 2.45) is 0 Å². The highest BCUT2D eigenvalue weighted by atomic mass is 32.1. The van der Waals surface area contributed by atoms with Gasteiger partial charge in [-0.1, -0.05) is 18.3 Å². The van der Waals surface area contributed by atoms with Crippen molar-refractivity contribution in [1.29, 1.82) is 0 Å². The molecule has 18 heavy (non-hydrogen) atoms. The third-order valence-corrected chi connectivity index (χ3v) is 3.62. The van der Waals surface area contributed by atoms with E-state index in [0.29, 0.717) is 18.2 Å². The predicted octanol–water partition coefficient (Wildman–Crippen LogP) is 2.37. The van der Waals surface area contributed by atoms with Crippen LogP contribution in [0.2, 0.25) is 0 Å². The van der Waals surface area contributed by atoms with Crippen LogP contribution < -0.4 is 0 Å². The van der Waals surface area contributed by atoms with E-state index in [1.165, 1.54) is 11.5 Å². The summed E-state index contributed by atoms with van der Waals surface area (Å²) >= 11 is 1.25. The van der Waals surface area contributed by atoms with Crippen molar-refractivity contribution in [3.63, 3.8) is 0 Å². The monoisotopic (exact) mass is 266 g/mol. The second kappa shape index (κ2) is 6.06. The van der Waals surface area contributed by atoms with Crippen LogP contribution in [0, 0.1) is 0 Å². The van der Waals surface area contributed by atoms with Gasteiger partial charge in [-0.05, 0) is 30.4 Å². The number of aromatic nitrogens is 4. The Hall–Kier alpha value is -1.27. The molecule has 2 aromatic heterocycles. The second-order valence-electron chi connectivity index (χ2n) is 4.31. The quantitative estimate of drug-likeness (QED) is 0.872. The molecule has 0 radical (unpaired) electrons. The van der Waals surface area contributed by atoms with Crippen LogP contribution in [0.3, 0.4) is 0 Å². The summed E-state index contributed by atoms with van der Waals surface area (Å²) in [5.74, 6) is 0. The fourth-order valence-corrected chi connectivity index (χ4v) is 2.47. The Bertz CT molecular complexity index is 464. The minimum Gasteiger partial charge on any atom is -0.386 e. The highest BCUT2D eigenvalue weighted by Gasteiger charge is 2.14. The Balaban J connectivity index is 2.02. The van der Waals surface area contributed by atoms with Gasteiger partial charge in [0.15, 0.2) is 0 Å². The van der Waals surface area contributed by atoms with Gasteiger partial charge in [0.1, 0.15) is 11.8 Å². The smallest absolute Gasteiger partial charge is 0.104 e. The fraction of sp³-hybridized carbons (Fsp3) is 0.583. The van der Waals surface area contributed by atoms with Crippen LogP contribution in [0.5, 0.6) is 0 Å². The SMILES string of the molecule is CCC(CC)n1ccc(CC(O)c2csnn2)n1. The molecule has 0 aliphatic heterocycles. The second-order valence-corrected chi connectivity index (χ2v) is 4.92. The summed E-state index contributed by atoms with van der Waals surface area (Å²) in [7, 11) is 0. The lowest BCUT2D eigenvalue weighted by atomic mass is 10.1. The largest absolute Gasteiger partial charge is 0.386 e. The normalized spacial score (nSPS) is 13.1. The molecule has 0 saturated heterocycles. The van der Waals surface area contributed by atoms with Gasteiger partial charge in [0.25, 0.3) is 0 Å². The summed E-state index contributed by atoms with van der Waals surface area (Å²) in [5, 5.41) is 20.1. The van der Waals surface area contributed by atoms with Gasteiger partial charge in [-0.15, -0.1) is 5.10 Å². The van der Waals surface area contributed by atoms with E-state index < -0.39 is 6.10 Å². The maximum atomic E-state index is 9.98. The molecule has 0 spiro atoms. The number of rotatable bonds is 6. The zero-order valence-corrected chi connectivity index (χ0v) is 11.5. The molecule has 0 aliphatic rings. The lowest BCUT2D eigenvalue weighted by Crippen LogP contribution is -2.09. The van der Waals surface area contributed by atoms with Crippen LogP contribution in [-0.4, -0.2) is 24.5 Å². The van der Waals surface area contributed by atoms with E-state index in [0.717, 1.165) is 18.5 Å². The van der Waals surface area contributed by atoms with Crippen LogP contribution >= 0.6 is 11.5 Å². The van der Waals surface area contributed by atoms with E-state index in [9.17, 15) is 5.11 Å². The molecule has 0 aromatic carbocycles. The van der Waals surface area contributed by atoms with Crippen molar-refractivity contribution in [3.8, 4) is 0 Å². The number of hydrogen-bond acceptors (Lipinski definition) is 5. The molecule has 2 aromatic rings. The number of aliphatic hydroxyl groups excluding tert-OH is 1. The highest BCUT2D eigenvalue weighted by Crippen LogP contribution is 2.18. The predicted molar refractivity (Wildman–Crippen MR) is 70.4 cm³/mol. The summed E-state index contributed by atoms with van der Waals surface area (Å²) in [4.78, 5) is 0. The van der Waals surface area contributed by atoms with Gasteiger partial charge >= 0.3 is 0 Å². The molecule has 0 fully saturated rings. The molecular formula is C12H18N4OS. The van der Waals surface area contributed by atoms with Crippen LogP contribution in [-0.2, 0) is 6.42 Å². The lowest BCUT2D eigenvalue weighted by Gasteiger charge is -2.12. The number of hydrogen-bond donors (Lipinski definition) is 1. The Morgan fingerprint density at radius 2 is 2.17 bits per heavy atom. The van der Waals surface area contributed by atoms with Gasteiger partial charge in [0, 0.05) is 18.0 Å². The Kier molecular flexibility index (Phi) is 4.43. The molecule has 0 saturated carbocycles. The average molecular weight is 266 g/mol. The van der Waals surface area contributed by atoms with E-state index in [4.69, 9.17) is 0 Å². The Morgan fingerprint density at radius 1 is 1.39 bits per heavy atom. The van der Waals surface area contributed by atoms with Gasteiger partial charge in [-0.25, -0.2) is 0 Å². The van der Waals surface area contributed by atoms with E-state index >= 15 is 0 Å². The van der Waals surface area contributed by atoms with Crippen molar-refractivity contribution in [3.05, 3.63) is 29.0 Å². The first-order chi connectivity index (χ1) is 8.74. The summed E-state index contributed by atoms with van der Waals surface area (Å²) < 4.78 is 5.74. The zero-order chi connectivity index (χ0) is 13.0. The van der Waals surface area contributed by atoms with E-state index in [2.05, 4.69) is 28.5 Å². The van der Waals surface area contributed by atoms with Crippen LogP contribution in [0.1, 0.15) is 50.2 Å². The van der Waals surface area contributed by atoms with E-state index in [-0.39, 0.29) is 0 Å². The molecule has 0 bridgehead atoms. The summed E-state index contributed by atoms with van der Waals surface area (Å²) in [5.41, 5.74) is 1.51. The van der Waals surface area contributed by atoms with Crippen LogP contribution in [0.15, 0.2) is 17.6 Å². The molecule has 1 N–H and O–H groups in total. The van der Waals surface area contributed by atoms with Gasteiger partial charge in [-0.3, -0.25) is 4.68 Å². The van der Waals surface area contributed by atoms with Crippen LogP contribution in [0.4, 0.5) is 0 Å². The first kappa shape index (κ1) is 13.2. The lowest BCUT2D eigenvalue weighted by molar-refractivity contribution is 0.172. The molecule has 0 aliphatic carbocycles. The van der Waals surface area contributed by atoms with Crippen molar-refractivity contribution >= 4 is 11.5 Å². The van der Waals surface area contributed by atoms with Crippen molar-refractivity contribution < 1.29 is 5.11 Å². The van der Waals surface area contributed by atoms with Gasteiger partial charge in [0.2, 0.25) is 0 Å². The highest BCUT2D eigenvalue weighted by molar-refractivity contribution is 7.03. The van der Waals surface area contributed by atoms with Crippen molar-refractivity contribution in [2.45, 2.75) is 45.3 Å². The maximum absolute atomic E-state index is 9.98. The zero-order valence-electron chi connectivity index (χ0n) is 10.7. The Morgan fingerprint density at radius 3 is 2.78 bits per heavy atom. The standard InChI is InChI=1S/C12H18N4OS/c1-3-10(4-2)16-6-5-9(14-16)7-12(17)11-8-18-15-13-11/h5-6,8,10,12,17H,3-4,7H2,1-2H3. The summed E-state index contributed by atoms with van der Waals surface area (Å²) in [6, 6.07) is 2.40. The molecule has 2 rings (SSSR count). The van der Waals surface area contributed by atoms with E-state index in [1.54, 1.807) is 5.38 Å². The van der Waals surface area contributed by atoms with Crippen molar-refractivity contribution in [2.75, 3.05) is 0 Å². The molecule has 0 amide bonds. The minimum absolute atomic E-state index is 0.442. The molecule has 5 nitrogen and oxygen atoms in total.